The number of hydrogen-bond acceptors (Lipinski definition) is 6. The number of rotatable bonds is 5. The van der Waals surface area contributed by atoms with Crippen molar-refractivity contribution in [2.24, 2.45) is 0 Å². The summed E-state index contributed by atoms with van der Waals surface area (Å²) in [5.74, 6) is 0.0743. The van der Waals surface area contributed by atoms with Gasteiger partial charge in [0.2, 0.25) is 5.10 Å². The fraction of sp³-hybridized carbons (Fsp3) is 0.611. The average Bonchev–Trinajstić information content (AvgIpc) is 2.68. The molecule has 1 aliphatic heterocycles. The molecule has 0 spiro atoms. The lowest BCUT2D eigenvalue weighted by Gasteiger charge is -2.26. The molecule has 1 aromatic heterocycles. The van der Waals surface area contributed by atoms with E-state index >= 15 is 0 Å². The molecular weight excluding hydrogens is 334 g/mol. The van der Waals surface area contributed by atoms with Crippen molar-refractivity contribution in [1.29, 1.82) is 0 Å². The number of nitrogens with zero attached hydrogens (tertiary/aromatic N) is 4. The Kier molecular flexibility index (Phi) is 5.03. The zero-order chi connectivity index (χ0) is 17.9. The highest BCUT2D eigenvalue weighted by atomic mass is 16.5. The summed E-state index contributed by atoms with van der Waals surface area (Å²) in [7, 11) is 0. The third-order valence-electron chi connectivity index (χ3n) is 5.28. The molecule has 0 radical (unpaired) electrons. The lowest BCUT2D eigenvalue weighted by molar-refractivity contribution is -0.672. The maximum Gasteiger partial charge on any atom is 0.460 e. The van der Waals surface area contributed by atoms with Crippen molar-refractivity contribution < 1.29 is 14.3 Å². The molecule has 8 heteroatoms. The minimum absolute atomic E-state index is 0.0743. The molecular formula is C18H25N5O3. The Hall–Kier alpha value is -2.19. The van der Waals surface area contributed by atoms with Gasteiger partial charge in [-0.05, 0) is 49.3 Å². The molecule has 0 bridgehead atoms. The molecule has 4 rings (SSSR count). The van der Waals surface area contributed by atoms with E-state index in [2.05, 4.69) is 15.3 Å². The lowest BCUT2D eigenvalue weighted by atomic mass is 9.91. The van der Waals surface area contributed by atoms with E-state index in [4.69, 9.17) is 4.74 Å². The number of ether oxygens (including phenoxy) is 1. The van der Waals surface area contributed by atoms with Crippen molar-refractivity contribution in [3.63, 3.8) is 0 Å². The molecule has 8 nitrogen and oxygen atoms in total. The second-order valence-electron chi connectivity index (χ2n) is 7.04. The second-order valence-corrected chi connectivity index (χ2v) is 7.04. The van der Waals surface area contributed by atoms with Crippen molar-refractivity contribution in [1.82, 2.24) is 10.00 Å². The Labute approximate surface area is 152 Å². The van der Waals surface area contributed by atoms with Gasteiger partial charge in [0.25, 0.3) is 5.52 Å². The monoisotopic (exact) mass is 359 g/mol. The molecule has 2 heterocycles. The van der Waals surface area contributed by atoms with Crippen LogP contribution >= 0.6 is 0 Å². The number of anilines is 1. The Morgan fingerprint density at radius 3 is 2.50 bits per heavy atom. The number of fused-ring (bicyclic) bond motifs is 2. The third kappa shape index (κ3) is 3.52. The van der Waals surface area contributed by atoms with Gasteiger partial charge >= 0.3 is 5.95 Å². The smallest absolute Gasteiger partial charge is 0.460 e. The van der Waals surface area contributed by atoms with Crippen molar-refractivity contribution in [3.8, 4) is 0 Å². The first-order chi connectivity index (χ1) is 12.7. The van der Waals surface area contributed by atoms with Gasteiger partial charge in [-0.15, -0.1) is 0 Å². The number of morpholine rings is 1. The van der Waals surface area contributed by atoms with Gasteiger partial charge in [0.05, 0.1) is 19.8 Å². The van der Waals surface area contributed by atoms with Crippen LogP contribution < -0.4 is 14.9 Å². The molecule has 1 saturated heterocycles. The highest BCUT2D eigenvalue weighted by Crippen LogP contribution is 2.24. The maximum atomic E-state index is 12.7. The minimum Gasteiger partial charge on any atom is -0.739 e. The van der Waals surface area contributed by atoms with Gasteiger partial charge in [-0.2, -0.15) is 0 Å². The van der Waals surface area contributed by atoms with Crippen molar-refractivity contribution in [2.45, 2.75) is 32.1 Å². The Morgan fingerprint density at radius 1 is 1.08 bits per heavy atom. The molecule has 2 aromatic rings. The summed E-state index contributed by atoms with van der Waals surface area (Å²) in [4.78, 5) is 2.91. The number of hydrogen-bond donors (Lipinski definition) is 1. The average molecular weight is 359 g/mol. The molecule has 0 unspecified atom stereocenters. The maximum absolute atomic E-state index is 12.7. The number of aryl methyl sites for hydroxylation is 2. The standard InChI is InChI=1S/C18H25N5O3/c24-22-16-12-14-4-1-2-5-15(14)13-17(16)23(25)20-18(22)19-6-3-7-21-8-10-26-11-9-21/h12-13H,1-11H2,(H,19,20). The molecule has 1 aliphatic carbocycles. The predicted octanol–water partition coefficient (Wildman–Crippen LogP) is 0.515. The van der Waals surface area contributed by atoms with Crippen LogP contribution in [-0.4, -0.2) is 49.4 Å². The van der Waals surface area contributed by atoms with Gasteiger partial charge in [-0.25, -0.2) is 4.73 Å². The summed E-state index contributed by atoms with van der Waals surface area (Å²) in [6, 6.07) is 3.70. The van der Waals surface area contributed by atoms with Crippen LogP contribution in [-0.2, 0) is 17.6 Å². The van der Waals surface area contributed by atoms with E-state index in [9.17, 15) is 10.4 Å². The fourth-order valence-electron chi connectivity index (χ4n) is 3.80. The minimum atomic E-state index is 0.0743. The zero-order valence-corrected chi connectivity index (χ0v) is 14.9. The van der Waals surface area contributed by atoms with Crippen LogP contribution in [0.4, 0.5) is 5.95 Å². The Balaban J connectivity index is 1.47. The van der Waals surface area contributed by atoms with E-state index in [-0.39, 0.29) is 5.95 Å². The van der Waals surface area contributed by atoms with Crippen LogP contribution in [0.1, 0.15) is 30.4 Å². The summed E-state index contributed by atoms with van der Waals surface area (Å²) in [5.41, 5.74) is 3.09. The summed E-state index contributed by atoms with van der Waals surface area (Å²) in [6.45, 7) is 4.99. The molecule has 1 N–H and O–H groups in total. The first-order valence-electron chi connectivity index (χ1n) is 9.45. The SMILES string of the molecule is [O-][n+]1nc(NCCCN2CCOCC2)[n+]([O-])c2cc3c(cc21)CCCC3. The van der Waals surface area contributed by atoms with Gasteiger partial charge < -0.3 is 15.2 Å². The normalized spacial score (nSPS) is 18.0. The van der Waals surface area contributed by atoms with Crippen LogP contribution in [0.3, 0.4) is 0 Å². The topological polar surface area (TPSA) is 91.3 Å². The van der Waals surface area contributed by atoms with E-state index in [0.717, 1.165) is 69.7 Å². The molecule has 140 valence electrons. The number of nitrogens with one attached hydrogen (secondary N) is 1. The molecule has 0 atom stereocenters. The number of benzene rings is 1. The van der Waals surface area contributed by atoms with Gasteiger partial charge in [-0.1, -0.05) is 0 Å². The predicted molar refractivity (Wildman–Crippen MR) is 96.7 cm³/mol. The highest BCUT2D eigenvalue weighted by Gasteiger charge is 2.23. The van der Waals surface area contributed by atoms with E-state index < -0.39 is 0 Å². The molecule has 1 aromatic carbocycles. The summed E-state index contributed by atoms with van der Waals surface area (Å²) in [6.07, 6.45) is 5.07. The van der Waals surface area contributed by atoms with E-state index in [1.807, 2.05) is 12.1 Å². The van der Waals surface area contributed by atoms with Crippen LogP contribution in [0.5, 0.6) is 0 Å². The summed E-state index contributed by atoms with van der Waals surface area (Å²) in [5, 5.41) is 31.9. The first-order valence-corrected chi connectivity index (χ1v) is 9.45. The Bertz CT molecular complexity index is 792. The van der Waals surface area contributed by atoms with Gasteiger partial charge in [0, 0.05) is 30.5 Å². The van der Waals surface area contributed by atoms with Crippen LogP contribution in [0.2, 0.25) is 0 Å². The third-order valence-corrected chi connectivity index (χ3v) is 5.28. The fourth-order valence-corrected chi connectivity index (χ4v) is 3.80. The van der Waals surface area contributed by atoms with Gasteiger partial charge in [-0.3, -0.25) is 10.2 Å². The highest BCUT2D eigenvalue weighted by molar-refractivity contribution is 5.71. The van der Waals surface area contributed by atoms with Crippen LogP contribution in [0.15, 0.2) is 12.1 Å². The van der Waals surface area contributed by atoms with E-state index in [1.165, 1.54) is 11.1 Å². The van der Waals surface area contributed by atoms with Crippen molar-refractivity contribution in [3.05, 3.63) is 33.7 Å². The van der Waals surface area contributed by atoms with E-state index in [1.54, 1.807) is 0 Å². The lowest BCUT2D eigenvalue weighted by Crippen LogP contribution is -2.44. The quantitative estimate of drug-likeness (QED) is 0.475. The molecule has 1 fully saturated rings. The first kappa shape index (κ1) is 17.2. The van der Waals surface area contributed by atoms with Gasteiger partial charge in [0.1, 0.15) is 0 Å². The molecule has 2 aliphatic rings. The van der Waals surface area contributed by atoms with Crippen LogP contribution in [0.25, 0.3) is 11.0 Å². The zero-order valence-electron chi connectivity index (χ0n) is 14.9. The van der Waals surface area contributed by atoms with Crippen molar-refractivity contribution in [2.75, 3.05) is 44.7 Å². The Morgan fingerprint density at radius 2 is 1.77 bits per heavy atom. The largest absolute Gasteiger partial charge is 0.739 e. The molecule has 0 saturated carbocycles. The van der Waals surface area contributed by atoms with Crippen LogP contribution in [0, 0.1) is 10.4 Å². The van der Waals surface area contributed by atoms with E-state index in [0.29, 0.717) is 22.4 Å². The summed E-state index contributed by atoms with van der Waals surface area (Å²) < 4.78 is 6.09. The summed E-state index contributed by atoms with van der Waals surface area (Å²) >= 11 is 0. The number of aromatic nitrogens is 3. The van der Waals surface area contributed by atoms with Crippen molar-refractivity contribution >= 4 is 17.0 Å². The van der Waals surface area contributed by atoms with Gasteiger partial charge in [0.15, 0.2) is 5.52 Å². The second kappa shape index (κ2) is 7.59. The molecule has 0 amide bonds. The molecule has 26 heavy (non-hydrogen) atoms.